The highest BCUT2D eigenvalue weighted by Gasteiger charge is 2.34. The molecule has 1 aliphatic rings. The molecule has 0 atom stereocenters. The minimum Gasteiger partial charge on any atom is -0.299 e. The summed E-state index contributed by atoms with van der Waals surface area (Å²) < 4.78 is 0. The first kappa shape index (κ1) is 16.5. The molecule has 1 nitrogen and oxygen atoms in total. The second-order valence-electron chi connectivity index (χ2n) is 7.38. The van der Waals surface area contributed by atoms with Crippen molar-refractivity contribution in [3.8, 4) is 0 Å². The Morgan fingerprint density at radius 1 is 0.905 bits per heavy atom. The number of hydrogen-bond acceptors (Lipinski definition) is 1. The van der Waals surface area contributed by atoms with Crippen LogP contribution in [0.25, 0.3) is 0 Å². The smallest absolute Gasteiger partial charge is 0.00412 e. The molecule has 0 amide bonds. The van der Waals surface area contributed by atoms with Gasteiger partial charge in [-0.3, -0.25) is 4.90 Å². The van der Waals surface area contributed by atoms with Crippen LogP contribution in [0.3, 0.4) is 0 Å². The molecule has 1 saturated carbocycles. The molecular weight excluding hydrogens is 254 g/mol. The van der Waals surface area contributed by atoms with Crippen LogP contribution in [0, 0.1) is 0 Å². The van der Waals surface area contributed by atoms with Crippen LogP contribution in [0.15, 0.2) is 30.3 Å². The molecule has 0 bridgehead atoms. The van der Waals surface area contributed by atoms with Crippen LogP contribution in [0.2, 0.25) is 0 Å². The summed E-state index contributed by atoms with van der Waals surface area (Å²) in [5.74, 6) is 0. The fraction of sp³-hybridized carbons (Fsp3) is 0.700. The summed E-state index contributed by atoms with van der Waals surface area (Å²) in [6, 6.07) is 12.6. The van der Waals surface area contributed by atoms with Gasteiger partial charge in [-0.05, 0) is 64.5 Å². The lowest BCUT2D eigenvalue weighted by Gasteiger charge is -2.41. The van der Waals surface area contributed by atoms with Gasteiger partial charge >= 0.3 is 0 Å². The first-order valence-corrected chi connectivity index (χ1v) is 8.86. The lowest BCUT2D eigenvalue weighted by Crippen LogP contribution is -2.41. The molecule has 1 fully saturated rings. The molecule has 0 aromatic heterocycles. The van der Waals surface area contributed by atoms with Gasteiger partial charge < -0.3 is 0 Å². The molecule has 0 N–H and O–H groups in total. The molecule has 0 radical (unpaired) electrons. The molecule has 1 heteroatoms. The highest BCUT2D eigenvalue weighted by molar-refractivity contribution is 5.26. The van der Waals surface area contributed by atoms with Crippen molar-refractivity contribution in [3.63, 3.8) is 0 Å². The van der Waals surface area contributed by atoms with E-state index in [0.717, 1.165) is 0 Å². The minimum atomic E-state index is 0.432. The van der Waals surface area contributed by atoms with Gasteiger partial charge in [0.05, 0.1) is 0 Å². The van der Waals surface area contributed by atoms with E-state index in [1.54, 1.807) is 5.56 Å². The minimum absolute atomic E-state index is 0.432. The van der Waals surface area contributed by atoms with E-state index in [-0.39, 0.29) is 0 Å². The van der Waals surface area contributed by atoms with Gasteiger partial charge in [-0.2, -0.15) is 0 Å². The summed E-state index contributed by atoms with van der Waals surface area (Å²) >= 11 is 0. The van der Waals surface area contributed by atoms with E-state index in [2.05, 4.69) is 62.9 Å². The average Bonchev–Trinajstić information content (AvgIpc) is 2.48. The number of hydrogen-bond donors (Lipinski definition) is 0. The van der Waals surface area contributed by atoms with Crippen LogP contribution >= 0.6 is 0 Å². The monoisotopic (exact) mass is 287 g/mol. The topological polar surface area (TPSA) is 3.24 Å². The van der Waals surface area contributed by atoms with E-state index >= 15 is 0 Å². The zero-order chi connectivity index (χ0) is 15.3. The summed E-state index contributed by atoms with van der Waals surface area (Å²) in [6.07, 6.45) is 8.29. The first-order valence-electron chi connectivity index (χ1n) is 8.86. The Kier molecular flexibility index (Phi) is 5.87. The Labute approximate surface area is 131 Å². The molecule has 0 aliphatic heterocycles. The molecule has 1 aromatic carbocycles. The van der Waals surface area contributed by atoms with Crippen LogP contribution in [0.5, 0.6) is 0 Å². The fourth-order valence-corrected chi connectivity index (χ4v) is 4.16. The third-order valence-corrected chi connectivity index (χ3v) is 5.37. The molecule has 1 aliphatic carbocycles. The Hall–Kier alpha value is -0.820. The largest absolute Gasteiger partial charge is 0.299 e. The van der Waals surface area contributed by atoms with Crippen LogP contribution < -0.4 is 0 Å². The van der Waals surface area contributed by atoms with Gasteiger partial charge in [0.2, 0.25) is 0 Å². The van der Waals surface area contributed by atoms with E-state index < -0.39 is 0 Å². The van der Waals surface area contributed by atoms with Crippen molar-refractivity contribution in [2.45, 2.75) is 83.7 Å². The average molecular weight is 287 g/mol. The fourth-order valence-electron chi connectivity index (χ4n) is 4.16. The highest BCUT2D eigenvalue weighted by Crippen LogP contribution is 2.42. The Morgan fingerprint density at radius 3 is 2.00 bits per heavy atom. The third-order valence-electron chi connectivity index (χ3n) is 5.37. The summed E-state index contributed by atoms with van der Waals surface area (Å²) in [6.45, 7) is 10.5. The second kappa shape index (κ2) is 7.45. The Bertz CT molecular complexity index is 393. The maximum absolute atomic E-state index is 2.65. The zero-order valence-corrected chi connectivity index (χ0v) is 14.4. The summed E-state index contributed by atoms with van der Waals surface area (Å²) in [7, 11) is 0. The van der Waals surface area contributed by atoms with Gasteiger partial charge in [0.1, 0.15) is 0 Å². The number of nitrogens with zero attached hydrogens (tertiary/aromatic N) is 1. The van der Waals surface area contributed by atoms with Gasteiger partial charge in [-0.15, -0.1) is 0 Å². The van der Waals surface area contributed by atoms with Crippen LogP contribution in [0.1, 0.15) is 71.8 Å². The maximum Gasteiger partial charge on any atom is 0.00412 e. The van der Waals surface area contributed by atoms with Crippen molar-refractivity contribution in [1.29, 1.82) is 0 Å². The standard InChI is InChI=1S/C20H33N/c1-17(2)21(18(3)4)16-15-20(13-9-6-10-14-20)19-11-7-5-8-12-19/h5,7-8,11-12,17-18H,6,9-10,13-16H2,1-4H3. The molecular formula is C20H33N. The molecule has 0 saturated heterocycles. The molecule has 0 spiro atoms. The summed E-state index contributed by atoms with van der Waals surface area (Å²) in [4.78, 5) is 2.65. The van der Waals surface area contributed by atoms with Crippen molar-refractivity contribution < 1.29 is 0 Å². The van der Waals surface area contributed by atoms with Crippen LogP contribution in [-0.2, 0) is 5.41 Å². The van der Waals surface area contributed by atoms with Crippen molar-refractivity contribution in [2.24, 2.45) is 0 Å². The number of benzene rings is 1. The van der Waals surface area contributed by atoms with Crippen LogP contribution in [0.4, 0.5) is 0 Å². The van der Waals surface area contributed by atoms with Gasteiger partial charge in [0.25, 0.3) is 0 Å². The van der Waals surface area contributed by atoms with Crippen molar-refractivity contribution in [1.82, 2.24) is 4.90 Å². The molecule has 1 aromatic rings. The Morgan fingerprint density at radius 2 is 1.48 bits per heavy atom. The predicted octanol–water partition coefficient (Wildman–Crippen LogP) is 5.40. The molecule has 21 heavy (non-hydrogen) atoms. The molecule has 0 unspecified atom stereocenters. The molecule has 2 rings (SSSR count). The predicted molar refractivity (Wildman–Crippen MR) is 92.8 cm³/mol. The second-order valence-corrected chi connectivity index (χ2v) is 7.38. The van der Waals surface area contributed by atoms with E-state index in [1.165, 1.54) is 45.1 Å². The van der Waals surface area contributed by atoms with E-state index in [4.69, 9.17) is 0 Å². The summed E-state index contributed by atoms with van der Waals surface area (Å²) in [5, 5.41) is 0. The number of rotatable bonds is 6. The quantitative estimate of drug-likeness (QED) is 0.677. The highest BCUT2D eigenvalue weighted by atomic mass is 15.2. The van der Waals surface area contributed by atoms with Crippen molar-refractivity contribution in [2.75, 3.05) is 6.54 Å². The lowest BCUT2D eigenvalue weighted by molar-refractivity contribution is 0.143. The summed E-state index contributed by atoms with van der Waals surface area (Å²) in [5.41, 5.74) is 2.01. The van der Waals surface area contributed by atoms with Crippen molar-refractivity contribution >= 4 is 0 Å². The van der Waals surface area contributed by atoms with Crippen molar-refractivity contribution in [3.05, 3.63) is 35.9 Å². The Balaban J connectivity index is 2.14. The SMILES string of the molecule is CC(C)N(CCC1(c2ccccc2)CCCCC1)C(C)C. The molecule has 118 valence electrons. The van der Waals surface area contributed by atoms with Crippen LogP contribution in [-0.4, -0.2) is 23.5 Å². The van der Waals surface area contributed by atoms with E-state index in [0.29, 0.717) is 17.5 Å². The lowest BCUT2D eigenvalue weighted by atomic mass is 9.67. The van der Waals surface area contributed by atoms with Gasteiger partial charge in [-0.25, -0.2) is 0 Å². The van der Waals surface area contributed by atoms with E-state index in [9.17, 15) is 0 Å². The molecule has 0 heterocycles. The van der Waals surface area contributed by atoms with Gasteiger partial charge in [0.15, 0.2) is 0 Å². The third kappa shape index (κ3) is 4.10. The normalized spacial score (nSPS) is 18.6. The van der Waals surface area contributed by atoms with Gasteiger partial charge in [0, 0.05) is 12.1 Å². The first-order chi connectivity index (χ1) is 10.1. The van der Waals surface area contributed by atoms with Gasteiger partial charge in [-0.1, -0.05) is 49.6 Å². The maximum atomic E-state index is 2.65. The van der Waals surface area contributed by atoms with E-state index in [1.807, 2.05) is 0 Å². The zero-order valence-electron chi connectivity index (χ0n) is 14.4.